The molecule has 0 aromatic heterocycles. The lowest BCUT2D eigenvalue weighted by Gasteiger charge is -2.28. The van der Waals surface area contributed by atoms with Gasteiger partial charge >= 0.3 is 0 Å². The topological polar surface area (TPSA) is 30.9 Å². The van der Waals surface area contributed by atoms with Gasteiger partial charge < -0.3 is 19.0 Å². The van der Waals surface area contributed by atoms with Crippen molar-refractivity contribution in [1.82, 2.24) is 0 Å². The van der Waals surface area contributed by atoms with E-state index in [0.29, 0.717) is 19.8 Å². The highest BCUT2D eigenvalue weighted by molar-refractivity contribution is 6.91. The number of fused-ring (bicyclic) bond motifs is 1. The van der Waals surface area contributed by atoms with Crippen LogP contribution in [0.1, 0.15) is 12.5 Å². The maximum atomic E-state index is 5.88. The highest BCUT2D eigenvalue weighted by atomic mass is 16.6. The molecule has 2 aromatic carbocycles. The third-order valence-electron chi connectivity index (χ3n) is 3.91. The Hall–Kier alpha value is -2.49. The Morgan fingerprint density at radius 1 is 1.32 bits per heavy atom. The highest BCUT2D eigenvalue weighted by Crippen LogP contribution is 2.35. The molecule has 0 fully saturated rings. The van der Waals surface area contributed by atoms with E-state index in [0.717, 1.165) is 28.5 Å². The van der Waals surface area contributed by atoms with Crippen molar-refractivity contribution in [2.24, 2.45) is 0 Å². The molecule has 125 valence electrons. The van der Waals surface area contributed by atoms with E-state index in [9.17, 15) is 0 Å². The molecular weight excluding hydrogens is 312 g/mol. The van der Waals surface area contributed by atoms with Crippen LogP contribution in [-0.2, 0) is 6.54 Å². The molecule has 3 rings (SSSR count). The van der Waals surface area contributed by atoms with Crippen molar-refractivity contribution < 1.29 is 14.2 Å². The quantitative estimate of drug-likeness (QED) is 0.576. The molecule has 3 radical (unpaired) electrons. The van der Waals surface area contributed by atoms with Crippen LogP contribution in [0.15, 0.2) is 55.1 Å². The maximum absolute atomic E-state index is 5.88. The van der Waals surface area contributed by atoms with Crippen LogP contribution in [0, 0.1) is 0 Å². The van der Waals surface area contributed by atoms with Crippen molar-refractivity contribution in [3.8, 4) is 17.2 Å². The summed E-state index contributed by atoms with van der Waals surface area (Å²) in [4.78, 5) is 1.94. The van der Waals surface area contributed by atoms with E-state index in [4.69, 9.17) is 21.9 Å². The molecule has 4 nitrogen and oxygen atoms in total. The molecular formula is C19H20B2NO3. The van der Waals surface area contributed by atoms with Crippen molar-refractivity contribution in [1.29, 1.82) is 0 Å². The lowest BCUT2D eigenvalue weighted by atomic mass is 9.64. The molecule has 1 atom stereocenters. The molecule has 0 N–H and O–H groups in total. The van der Waals surface area contributed by atoms with Gasteiger partial charge in [0.15, 0.2) is 18.8 Å². The van der Waals surface area contributed by atoms with Crippen LogP contribution >= 0.6 is 0 Å². The predicted molar refractivity (Wildman–Crippen MR) is 102 cm³/mol. The van der Waals surface area contributed by atoms with Crippen LogP contribution in [0.2, 0.25) is 0 Å². The molecule has 0 aliphatic carbocycles. The van der Waals surface area contributed by atoms with E-state index in [1.54, 1.807) is 13.4 Å². The molecule has 6 heteroatoms. The number of anilines is 1. The molecule has 2 aromatic rings. The zero-order chi connectivity index (χ0) is 17.6. The molecule has 0 amide bonds. The maximum Gasteiger partial charge on any atom is 0.184 e. The Bertz CT molecular complexity index is 738. The summed E-state index contributed by atoms with van der Waals surface area (Å²) in [6.07, 6.45) is 1.76. The van der Waals surface area contributed by atoms with Gasteiger partial charge in [0.05, 0.1) is 0 Å². The van der Waals surface area contributed by atoms with Crippen molar-refractivity contribution in [2.75, 3.05) is 18.0 Å². The van der Waals surface area contributed by atoms with Gasteiger partial charge in [-0.15, -0.1) is 0 Å². The van der Waals surface area contributed by atoms with Gasteiger partial charge in [-0.1, -0.05) is 30.9 Å². The van der Waals surface area contributed by atoms with E-state index >= 15 is 0 Å². The van der Waals surface area contributed by atoms with E-state index in [1.807, 2.05) is 54.2 Å². The summed E-state index contributed by atoms with van der Waals surface area (Å²) in [6.45, 7) is 7.28. The van der Waals surface area contributed by atoms with Crippen LogP contribution in [0.3, 0.4) is 0 Å². The smallest absolute Gasteiger partial charge is 0.184 e. The second kappa shape index (κ2) is 8.06. The second-order valence-corrected chi connectivity index (χ2v) is 5.85. The molecule has 1 heterocycles. The normalized spacial score (nSPS) is 15.3. The molecule has 1 unspecified atom stereocenters. The number of rotatable bonds is 7. The second-order valence-electron chi connectivity index (χ2n) is 5.85. The van der Waals surface area contributed by atoms with Crippen molar-refractivity contribution >= 4 is 20.7 Å². The van der Waals surface area contributed by atoms with Crippen LogP contribution in [0.25, 0.3) is 0 Å². The number of ether oxygens (including phenoxy) is 3. The van der Waals surface area contributed by atoms with Gasteiger partial charge in [-0.05, 0) is 25.1 Å². The number of hydrogen-bond acceptors (Lipinski definition) is 4. The summed E-state index contributed by atoms with van der Waals surface area (Å²) in [6, 6.07) is 13.7. The SMILES string of the molecule is [B][B]N(Cc1ccccc1OCC=C)c1ccc2c(c1)OC(C)CO2. The molecule has 0 saturated carbocycles. The van der Waals surface area contributed by atoms with Crippen molar-refractivity contribution in [3.63, 3.8) is 0 Å². The fourth-order valence-corrected chi connectivity index (χ4v) is 2.68. The molecule has 1 aliphatic rings. The first kappa shape index (κ1) is 17.3. The number of benzene rings is 2. The third kappa shape index (κ3) is 4.13. The number of para-hydroxylation sites is 1. The van der Waals surface area contributed by atoms with Crippen molar-refractivity contribution in [3.05, 3.63) is 60.7 Å². The fraction of sp³-hybridized carbons (Fsp3) is 0.263. The summed E-state index contributed by atoms with van der Waals surface area (Å²) in [5.74, 6) is 2.31. The lowest BCUT2D eigenvalue weighted by Crippen LogP contribution is -2.29. The Morgan fingerprint density at radius 3 is 2.96 bits per heavy atom. The third-order valence-corrected chi connectivity index (χ3v) is 3.91. The minimum absolute atomic E-state index is 0.0334. The molecule has 0 bridgehead atoms. The standard InChI is InChI=1S/C19H20B2NO3/c1-3-10-23-17-7-5-4-6-15(17)12-22(21-20)16-8-9-18-19(11-16)25-14(2)13-24-18/h3-9,11,14H,1,10,12-13H2,2H3. The predicted octanol–water partition coefficient (Wildman–Crippen LogP) is 3.12. The minimum atomic E-state index is 0.0334. The van der Waals surface area contributed by atoms with Crippen LogP contribution in [0.5, 0.6) is 17.2 Å². The molecule has 0 spiro atoms. The lowest BCUT2D eigenvalue weighted by molar-refractivity contribution is 0.104. The van der Waals surface area contributed by atoms with Crippen molar-refractivity contribution in [2.45, 2.75) is 19.6 Å². The van der Waals surface area contributed by atoms with Crippen LogP contribution in [0.4, 0.5) is 5.69 Å². The Morgan fingerprint density at radius 2 is 2.16 bits per heavy atom. The minimum Gasteiger partial charge on any atom is -0.489 e. The molecule has 25 heavy (non-hydrogen) atoms. The Balaban J connectivity index is 1.82. The zero-order valence-corrected chi connectivity index (χ0v) is 14.4. The summed E-state index contributed by atoms with van der Waals surface area (Å²) < 4.78 is 17.3. The average molecular weight is 332 g/mol. The van der Waals surface area contributed by atoms with E-state index in [2.05, 4.69) is 6.58 Å². The fourth-order valence-electron chi connectivity index (χ4n) is 2.68. The Labute approximate surface area is 151 Å². The summed E-state index contributed by atoms with van der Waals surface area (Å²) in [5, 5.41) is 0. The van der Waals surface area contributed by atoms with Gasteiger partial charge in [0, 0.05) is 31.6 Å². The summed E-state index contributed by atoms with van der Waals surface area (Å²) in [5.41, 5.74) is 1.96. The first-order chi connectivity index (χ1) is 12.2. The summed E-state index contributed by atoms with van der Waals surface area (Å²) in [7, 11) is 7.43. The first-order valence-corrected chi connectivity index (χ1v) is 8.28. The van der Waals surface area contributed by atoms with Gasteiger partial charge in [-0.25, -0.2) is 0 Å². The van der Waals surface area contributed by atoms with E-state index in [1.165, 1.54) is 0 Å². The zero-order valence-electron chi connectivity index (χ0n) is 14.4. The number of hydrogen-bond donors (Lipinski definition) is 0. The summed E-state index contributed by atoms with van der Waals surface area (Å²) >= 11 is 0. The van der Waals surface area contributed by atoms with E-state index < -0.39 is 0 Å². The monoisotopic (exact) mass is 332 g/mol. The molecule has 1 aliphatic heterocycles. The molecule has 0 saturated heterocycles. The van der Waals surface area contributed by atoms with Crippen LogP contribution < -0.4 is 19.0 Å². The first-order valence-electron chi connectivity index (χ1n) is 8.28. The van der Waals surface area contributed by atoms with Gasteiger partial charge in [-0.2, -0.15) is 0 Å². The number of nitrogens with zero attached hydrogens (tertiary/aromatic N) is 1. The van der Waals surface area contributed by atoms with Gasteiger partial charge in [-0.3, -0.25) is 0 Å². The highest BCUT2D eigenvalue weighted by Gasteiger charge is 2.19. The Kier molecular flexibility index (Phi) is 5.59. The van der Waals surface area contributed by atoms with Crippen LogP contribution in [-0.4, -0.2) is 34.4 Å². The van der Waals surface area contributed by atoms with Gasteiger partial charge in [0.1, 0.15) is 25.1 Å². The van der Waals surface area contributed by atoms with Gasteiger partial charge in [0.2, 0.25) is 0 Å². The average Bonchev–Trinajstić information content (AvgIpc) is 2.64. The van der Waals surface area contributed by atoms with E-state index in [-0.39, 0.29) is 6.10 Å². The van der Waals surface area contributed by atoms with Gasteiger partial charge in [0.25, 0.3) is 0 Å². The largest absolute Gasteiger partial charge is 0.489 e.